The van der Waals surface area contributed by atoms with E-state index < -0.39 is 0 Å². The molecule has 2 aromatic rings. The molecule has 0 radical (unpaired) electrons. The number of para-hydroxylation sites is 3. The van der Waals surface area contributed by atoms with Gasteiger partial charge in [0, 0.05) is 12.1 Å². The molecule has 2 heteroatoms. The van der Waals surface area contributed by atoms with Crippen molar-refractivity contribution in [1.82, 2.24) is 0 Å². The predicted octanol–water partition coefficient (Wildman–Crippen LogP) is 5.12. The van der Waals surface area contributed by atoms with E-state index in [4.69, 9.17) is 4.74 Å². The van der Waals surface area contributed by atoms with E-state index in [2.05, 4.69) is 54.8 Å². The van der Waals surface area contributed by atoms with Crippen LogP contribution in [0.15, 0.2) is 84.3 Å². The standard InChI is InChI=1S/C20H17NO/c1-3-14-13-15-9-5-6-10-16(15)21-17-11-7-8-12-19(17)22-18(4-2)20(14)21/h3-12H,2,13H2,1H3/b14-3-. The molecule has 2 aliphatic heterocycles. The fourth-order valence-electron chi connectivity index (χ4n) is 3.22. The molecule has 0 bridgehead atoms. The fraction of sp³-hybridized carbons (Fsp3) is 0.100. The molecule has 108 valence electrons. The number of allylic oxidation sites excluding steroid dienone is 3. The van der Waals surface area contributed by atoms with Crippen molar-refractivity contribution in [2.75, 3.05) is 4.90 Å². The van der Waals surface area contributed by atoms with Crippen molar-refractivity contribution in [3.63, 3.8) is 0 Å². The van der Waals surface area contributed by atoms with Gasteiger partial charge in [0.25, 0.3) is 0 Å². The molecule has 0 unspecified atom stereocenters. The van der Waals surface area contributed by atoms with Crippen LogP contribution in [0.5, 0.6) is 5.75 Å². The molecule has 2 aliphatic rings. The molecular weight excluding hydrogens is 270 g/mol. The first-order valence-corrected chi connectivity index (χ1v) is 7.50. The van der Waals surface area contributed by atoms with Crippen LogP contribution in [-0.2, 0) is 6.42 Å². The van der Waals surface area contributed by atoms with Crippen LogP contribution in [0.1, 0.15) is 12.5 Å². The van der Waals surface area contributed by atoms with Crippen molar-refractivity contribution in [2.45, 2.75) is 13.3 Å². The highest BCUT2D eigenvalue weighted by atomic mass is 16.5. The second kappa shape index (κ2) is 4.92. The summed E-state index contributed by atoms with van der Waals surface area (Å²) in [6, 6.07) is 16.7. The molecule has 0 spiro atoms. The van der Waals surface area contributed by atoms with Gasteiger partial charge in [0.1, 0.15) is 0 Å². The van der Waals surface area contributed by atoms with E-state index in [1.165, 1.54) is 16.8 Å². The van der Waals surface area contributed by atoms with E-state index in [0.717, 1.165) is 29.3 Å². The van der Waals surface area contributed by atoms with Crippen LogP contribution in [-0.4, -0.2) is 0 Å². The van der Waals surface area contributed by atoms with Gasteiger partial charge in [-0.15, -0.1) is 0 Å². The highest BCUT2D eigenvalue weighted by molar-refractivity contribution is 5.82. The maximum Gasteiger partial charge on any atom is 0.151 e. The lowest BCUT2D eigenvalue weighted by Crippen LogP contribution is -2.30. The molecular formula is C20H17NO. The minimum atomic E-state index is 0.821. The second-order valence-electron chi connectivity index (χ2n) is 5.44. The fourth-order valence-corrected chi connectivity index (χ4v) is 3.22. The van der Waals surface area contributed by atoms with Crippen LogP contribution in [0.4, 0.5) is 11.4 Å². The SMILES string of the molecule is C=CC1=C2/C(=C\C)Cc3ccccc3N2c2ccccc2O1. The number of nitrogens with zero attached hydrogens (tertiary/aromatic N) is 1. The Morgan fingerprint density at radius 3 is 2.55 bits per heavy atom. The average Bonchev–Trinajstić information content (AvgIpc) is 2.59. The number of hydrogen-bond acceptors (Lipinski definition) is 2. The second-order valence-corrected chi connectivity index (χ2v) is 5.44. The van der Waals surface area contributed by atoms with Crippen molar-refractivity contribution in [3.05, 3.63) is 89.9 Å². The van der Waals surface area contributed by atoms with Crippen LogP contribution >= 0.6 is 0 Å². The Kier molecular flexibility index (Phi) is 2.90. The van der Waals surface area contributed by atoms with Crippen LogP contribution < -0.4 is 9.64 Å². The number of ether oxygens (including phenoxy) is 1. The molecule has 2 heterocycles. The summed E-state index contributed by atoms with van der Waals surface area (Å²) in [4.78, 5) is 2.30. The van der Waals surface area contributed by atoms with E-state index in [9.17, 15) is 0 Å². The van der Waals surface area contributed by atoms with Gasteiger partial charge in [0.15, 0.2) is 11.5 Å². The predicted molar refractivity (Wildman–Crippen MR) is 90.3 cm³/mol. The lowest BCUT2D eigenvalue weighted by atomic mass is 9.92. The maximum atomic E-state index is 6.08. The molecule has 0 atom stereocenters. The zero-order valence-corrected chi connectivity index (χ0v) is 12.5. The lowest BCUT2D eigenvalue weighted by Gasteiger charge is -2.39. The van der Waals surface area contributed by atoms with Crippen LogP contribution in [0.25, 0.3) is 0 Å². The Morgan fingerprint density at radius 1 is 1.05 bits per heavy atom. The quantitative estimate of drug-likeness (QED) is 0.722. The average molecular weight is 287 g/mol. The molecule has 0 aromatic heterocycles. The van der Waals surface area contributed by atoms with E-state index in [-0.39, 0.29) is 0 Å². The highest BCUT2D eigenvalue weighted by Gasteiger charge is 2.33. The van der Waals surface area contributed by atoms with E-state index >= 15 is 0 Å². The zero-order valence-electron chi connectivity index (χ0n) is 12.5. The van der Waals surface area contributed by atoms with E-state index in [0.29, 0.717) is 0 Å². The third-order valence-electron chi connectivity index (χ3n) is 4.23. The van der Waals surface area contributed by atoms with Gasteiger partial charge < -0.3 is 9.64 Å². The van der Waals surface area contributed by atoms with Gasteiger partial charge in [0.05, 0.1) is 11.4 Å². The topological polar surface area (TPSA) is 12.5 Å². The van der Waals surface area contributed by atoms with Crippen molar-refractivity contribution >= 4 is 11.4 Å². The van der Waals surface area contributed by atoms with Crippen molar-refractivity contribution in [2.24, 2.45) is 0 Å². The summed E-state index contributed by atoms with van der Waals surface area (Å²) in [5.41, 5.74) is 6.00. The Bertz CT molecular complexity index is 829. The molecule has 0 saturated heterocycles. The number of anilines is 2. The first-order chi connectivity index (χ1) is 10.8. The largest absolute Gasteiger partial charge is 0.453 e. The third kappa shape index (κ3) is 1.74. The molecule has 22 heavy (non-hydrogen) atoms. The molecule has 2 nitrogen and oxygen atoms in total. The Hall–Kier alpha value is -2.74. The van der Waals surface area contributed by atoms with Crippen molar-refractivity contribution in [3.8, 4) is 5.75 Å². The van der Waals surface area contributed by atoms with Crippen molar-refractivity contribution in [1.29, 1.82) is 0 Å². The summed E-state index contributed by atoms with van der Waals surface area (Å²) >= 11 is 0. The maximum absolute atomic E-state index is 6.08. The highest BCUT2D eigenvalue weighted by Crippen LogP contribution is 2.48. The number of benzene rings is 2. The Labute approximate surface area is 130 Å². The van der Waals surface area contributed by atoms with Gasteiger partial charge in [0.2, 0.25) is 0 Å². The summed E-state index contributed by atoms with van der Waals surface area (Å²) < 4.78 is 6.08. The number of hydrogen-bond donors (Lipinski definition) is 0. The minimum absolute atomic E-state index is 0.821. The zero-order chi connectivity index (χ0) is 15.1. The molecule has 2 aromatic carbocycles. The molecule has 0 fully saturated rings. The summed E-state index contributed by atoms with van der Waals surface area (Å²) in [7, 11) is 0. The van der Waals surface area contributed by atoms with Gasteiger partial charge in [-0.25, -0.2) is 0 Å². The first kappa shape index (κ1) is 13.0. The molecule has 0 aliphatic carbocycles. The van der Waals surface area contributed by atoms with Gasteiger partial charge >= 0.3 is 0 Å². The van der Waals surface area contributed by atoms with E-state index in [1.54, 1.807) is 6.08 Å². The minimum Gasteiger partial charge on any atom is -0.453 e. The summed E-state index contributed by atoms with van der Waals surface area (Å²) in [5.74, 6) is 1.69. The van der Waals surface area contributed by atoms with Crippen LogP contribution in [0.3, 0.4) is 0 Å². The lowest BCUT2D eigenvalue weighted by molar-refractivity contribution is 0.428. The molecule has 0 saturated carbocycles. The van der Waals surface area contributed by atoms with E-state index in [1.807, 2.05) is 18.2 Å². The molecule has 4 rings (SSSR count). The first-order valence-electron chi connectivity index (χ1n) is 7.50. The van der Waals surface area contributed by atoms with Crippen molar-refractivity contribution < 1.29 is 4.74 Å². The monoisotopic (exact) mass is 287 g/mol. The summed E-state index contributed by atoms with van der Waals surface area (Å²) in [5, 5.41) is 0. The smallest absolute Gasteiger partial charge is 0.151 e. The summed E-state index contributed by atoms with van der Waals surface area (Å²) in [6.07, 6.45) is 4.89. The van der Waals surface area contributed by atoms with Gasteiger partial charge in [-0.3, -0.25) is 0 Å². The number of rotatable bonds is 1. The van der Waals surface area contributed by atoms with Gasteiger partial charge in [-0.2, -0.15) is 0 Å². The van der Waals surface area contributed by atoms with Gasteiger partial charge in [-0.05, 0) is 42.3 Å². The Balaban J connectivity index is 2.06. The van der Waals surface area contributed by atoms with Crippen LogP contribution in [0, 0.1) is 0 Å². The summed E-state index contributed by atoms with van der Waals surface area (Å²) in [6.45, 7) is 6.02. The number of fused-ring (bicyclic) bond motifs is 5. The molecule has 0 amide bonds. The van der Waals surface area contributed by atoms with Gasteiger partial charge in [-0.1, -0.05) is 43.0 Å². The molecule has 0 N–H and O–H groups in total. The van der Waals surface area contributed by atoms with Crippen LogP contribution in [0.2, 0.25) is 0 Å². The Morgan fingerprint density at radius 2 is 1.77 bits per heavy atom. The normalized spacial score (nSPS) is 17.5. The third-order valence-corrected chi connectivity index (χ3v) is 4.23.